The smallest absolute Gasteiger partial charge is 0.255 e. The third-order valence-electron chi connectivity index (χ3n) is 4.21. The van der Waals surface area contributed by atoms with Gasteiger partial charge in [0.15, 0.2) is 0 Å². The van der Waals surface area contributed by atoms with Crippen LogP contribution in [-0.4, -0.2) is 39.8 Å². The number of nitrogens with zero attached hydrogens (tertiary/aromatic N) is 1. The normalized spacial score (nSPS) is 11.6. The molecule has 1 N–H and O–H groups in total. The number of ether oxygens (including phenoxy) is 1. The average molecular weight is 384 g/mol. The molecule has 0 saturated carbocycles. The molecule has 0 unspecified atom stereocenters. The summed E-state index contributed by atoms with van der Waals surface area (Å²) < 4.78 is 31.1. The van der Waals surface area contributed by atoms with E-state index in [1.165, 1.54) is 39.4 Å². The van der Waals surface area contributed by atoms with Crippen molar-refractivity contribution in [1.29, 1.82) is 0 Å². The number of carbonyl (C=O) groups excluding carboxylic acids is 1. The van der Waals surface area contributed by atoms with Crippen LogP contribution in [0.4, 0.5) is 5.69 Å². The zero-order valence-corrected chi connectivity index (χ0v) is 16.1. The van der Waals surface area contributed by atoms with E-state index in [4.69, 9.17) is 4.74 Å². The van der Waals surface area contributed by atoms with E-state index in [0.29, 0.717) is 17.0 Å². The summed E-state index contributed by atoms with van der Waals surface area (Å²) in [7, 11) is 0.735. The van der Waals surface area contributed by atoms with Crippen LogP contribution in [0.15, 0.2) is 65.6 Å². The van der Waals surface area contributed by atoms with E-state index in [0.717, 1.165) is 15.1 Å². The first-order chi connectivity index (χ1) is 12.8. The van der Waals surface area contributed by atoms with Crippen LogP contribution in [0, 0.1) is 0 Å². The molecule has 0 aromatic heterocycles. The largest absolute Gasteiger partial charge is 0.495 e. The van der Waals surface area contributed by atoms with Crippen LogP contribution >= 0.6 is 0 Å². The van der Waals surface area contributed by atoms with Gasteiger partial charge >= 0.3 is 0 Å². The minimum Gasteiger partial charge on any atom is -0.495 e. The van der Waals surface area contributed by atoms with Gasteiger partial charge in [0, 0.05) is 19.7 Å². The van der Waals surface area contributed by atoms with Gasteiger partial charge in [-0.15, -0.1) is 0 Å². The molecule has 0 atom stereocenters. The number of nitrogens with one attached hydrogen (secondary N) is 1. The molecule has 3 aromatic carbocycles. The van der Waals surface area contributed by atoms with Crippen molar-refractivity contribution >= 4 is 32.4 Å². The molecule has 0 aliphatic carbocycles. The van der Waals surface area contributed by atoms with Gasteiger partial charge in [0.2, 0.25) is 10.0 Å². The number of hydrogen-bond acceptors (Lipinski definition) is 4. The molecule has 0 fully saturated rings. The van der Waals surface area contributed by atoms with Gasteiger partial charge in [0.05, 0.1) is 17.7 Å². The molecule has 0 radical (unpaired) electrons. The Labute approximate surface area is 158 Å². The molecule has 140 valence electrons. The van der Waals surface area contributed by atoms with Crippen molar-refractivity contribution < 1.29 is 17.9 Å². The Hall–Kier alpha value is -2.90. The molecule has 0 saturated heterocycles. The summed E-state index contributed by atoms with van der Waals surface area (Å²) in [5.74, 6) is 0.0281. The quantitative estimate of drug-likeness (QED) is 0.732. The number of methoxy groups -OCH3 is 1. The first-order valence-corrected chi connectivity index (χ1v) is 9.67. The molecule has 27 heavy (non-hydrogen) atoms. The van der Waals surface area contributed by atoms with Gasteiger partial charge in [-0.3, -0.25) is 4.79 Å². The molecular weight excluding hydrogens is 364 g/mol. The monoisotopic (exact) mass is 384 g/mol. The van der Waals surface area contributed by atoms with Crippen LogP contribution in [0.5, 0.6) is 5.75 Å². The minimum atomic E-state index is -3.63. The number of sulfonamides is 1. The maximum atomic E-state index is 12.7. The van der Waals surface area contributed by atoms with Crippen LogP contribution in [-0.2, 0) is 10.0 Å². The Kier molecular flexibility index (Phi) is 5.16. The van der Waals surface area contributed by atoms with E-state index in [-0.39, 0.29) is 10.8 Å². The van der Waals surface area contributed by atoms with Crippen molar-refractivity contribution in [2.45, 2.75) is 4.90 Å². The van der Waals surface area contributed by atoms with Crippen LogP contribution in [0.2, 0.25) is 0 Å². The molecule has 0 heterocycles. The van der Waals surface area contributed by atoms with Gasteiger partial charge < -0.3 is 10.1 Å². The average Bonchev–Trinajstić information content (AvgIpc) is 2.67. The predicted molar refractivity (Wildman–Crippen MR) is 106 cm³/mol. The zero-order chi connectivity index (χ0) is 19.6. The summed E-state index contributed by atoms with van der Waals surface area (Å²) in [5, 5.41) is 4.73. The van der Waals surface area contributed by atoms with E-state index in [1.54, 1.807) is 12.1 Å². The summed E-state index contributed by atoms with van der Waals surface area (Å²) in [6.45, 7) is 0. The van der Waals surface area contributed by atoms with E-state index in [1.807, 2.05) is 30.3 Å². The number of rotatable bonds is 5. The summed E-state index contributed by atoms with van der Waals surface area (Å²) in [6, 6.07) is 17.5. The second kappa shape index (κ2) is 7.38. The molecular formula is C20H20N2O4S. The Morgan fingerprint density at radius 1 is 0.963 bits per heavy atom. The van der Waals surface area contributed by atoms with Crippen LogP contribution in [0.1, 0.15) is 10.4 Å². The van der Waals surface area contributed by atoms with Crippen molar-refractivity contribution in [2.75, 3.05) is 26.5 Å². The van der Waals surface area contributed by atoms with E-state index >= 15 is 0 Å². The second-order valence-electron chi connectivity index (χ2n) is 6.17. The number of anilines is 1. The molecule has 0 bridgehead atoms. The van der Waals surface area contributed by atoms with Gasteiger partial charge in [-0.2, -0.15) is 0 Å². The van der Waals surface area contributed by atoms with Crippen molar-refractivity contribution in [3.05, 3.63) is 66.2 Å². The molecule has 0 spiro atoms. The van der Waals surface area contributed by atoms with Gasteiger partial charge in [0.1, 0.15) is 5.75 Å². The Morgan fingerprint density at radius 2 is 1.67 bits per heavy atom. The molecule has 3 aromatic rings. The van der Waals surface area contributed by atoms with Gasteiger partial charge in [-0.25, -0.2) is 12.7 Å². The van der Waals surface area contributed by atoms with Crippen LogP contribution < -0.4 is 10.1 Å². The zero-order valence-electron chi connectivity index (χ0n) is 15.3. The second-order valence-corrected chi connectivity index (χ2v) is 8.32. The maximum Gasteiger partial charge on any atom is 0.255 e. The third-order valence-corrected chi connectivity index (χ3v) is 6.02. The van der Waals surface area contributed by atoms with E-state index in [2.05, 4.69) is 5.32 Å². The van der Waals surface area contributed by atoms with Crippen molar-refractivity contribution in [2.24, 2.45) is 0 Å². The fourth-order valence-corrected chi connectivity index (χ4v) is 3.61. The van der Waals surface area contributed by atoms with E-state index < -0.39 is 10.0 Å². The maximum absolute atomic E-state index is 12.7. The van der Waals surface area contributed by atoms with Crippen molar-refractivity contribution in [1.82, 2.24) is 4.31 Å². The molecule has 7 heteroatoms. The van der Waals surface area contributed by atoms with Crippen molar-refractivity contribution in [3.8, 4) is 5.75 Å². The molecule has 6 nitrogen and oxygen atoms in total. The van der Waals surface area contributed by atoms with Gasteiger partial charge in [-0.1, -0.05) is 30.3 Å². The Bertz CT molecular complexity index is 1110. The topological polar surface area (TPSA) is 75.7 Å². The molecule has 3 rings (SSSR count). The first kappa shape index (κ1) is 18.9. The highest BCUT2D eigenvalue weighted by Crippen LogP contribution is 2.29. The minimum absolute atomic E-state index is 0.0714. The summed E-state index contributed by atoms with van der Waals surface area (Å²) in [5.41, 5.74) is 0.759. The number of fused-ring (bicyclic) bond motifs is 1. The lowest BCUT2D eigenvalue weighted by atomic mass is 10.1. The standard InChI is InChI=1S/C20H20N2O4S/c1-22(2)27(24,25)17-10-11-19(26-3)18(13-17)21-20(23)16-9-8-14-6-4-5-7-15(14)12-16/h4-13H,1-3H3,(H,21,23). The first-order valence-electron chi connectivity index (χ1n) is 8.23. The van der Waals surface area contributed by atoms with Gasteiger partial charge in [-0.05, 0) is 41.1 Å². The fourth-order valence-electron chi connectivity index (χ4n) is 2.68. The summed E-state index contributed by atoms with van der Waals surface area (Å²) in [6.07, 6.45) is 0. The van der Waals surface area contributed by atoms with Crippen LogP contribution in [0.3, 0.4) is 0 Å². The number of amides is 1. The fraction of sp³-hybridized carbons (Fsp3) is 0.150. The molecule has 1 amide bonds. The lowest BCUT2D eigenvalue weighted by molar-refractivity contribution is 0.102. The highest BCUT2D eigenvalue weighted by atomic mass is 32.2. The SMILES string of the molecule is COc1ccc(S(=O)(=O)N(C)C)cc1NC(=O)c1ccc2ccccc2c1. The number of hydrogen-bond donors (Lipinski definition) is 1. The molecule has 0 aliphatic heterocycles. The highest BCUT2D eigenvalue weighted by Gasteiger charge is 2.20. The van der Waals surface area contributed by atoms with Crippen molar-refractivity contribution in [3.63, 3.8) is 0 Å². The lowest BCUT2D eigenvalue weighted by Crippen LogP contribution is -2.22. The number of benzene rings is 3. The van der Waals surface area contributed by atoms with Gasteiger partial charge in [0.25, 0.3) is 5.91 Å². The Morgan fingerprint density at radius 3 is 2.33 bits per heavy atom. The predicted octanol–water partition coefficient (Wildman–Crippen LogP) is 3.35. The lowest BCUT2D eigenvalue weighted by Gasteiger charge is -2.15. The highest BCUT2D eigenvalue weighted by molar-refractivity contribution is 7.89. The Balaban J connectivity index is 1.96. The molecule has 0 aliphatic rings. The number of carbonyl (C=O) groups is 1. The third kappa shape index (κ3) is 3.79. The summed E-state index contributed by atoms with van der Waals surface area (Å²) >= 11 is 0. The van der Waals surface area contributed by atoms with Crippen LogP contribution in [0.25, 0.3) is 10.8 Å². The summed E-state index contributed by atoms with van der Waals surface area (Å²) in [4.78, 5) is 12.8. The van der Waals surface area contributed by atoms with E-state index in [9.17, 15) is 13.2 Å².